The number of hydrogen-bond donors (Lipinski definition) is 2. The van der Waals surface area contributed by atoms with Gasteiger partial charge in [-0.2, -0.15) is 0 Å². The van der Waals surface area contributed by atoms with Crippen molar-refractivity contribution in [2.24, 2.45) is 4.99 Å². The lowest BCUT2D eigenvalue weighted by Crippen LogP contribution is -2.44. The quantitative estimate of drug-likeness (QED) is 0.380. The predicted octanol–water partition coefficient (Wildman–Crippen LogP) is 1.34. The van der Waals surface area contributed by atoms with Crippen LogP contribution >= 0.6 is 0 Å². The molecule has 1 aromatic rings. The van der Waals surface area contributed by atoms with E-state index in [1.54, 1.807) is 7.11 Å². The van der Waals surface area contributed by atoms with Crippen molar-refractivity contribution < 1.29 is 17.9 Å². The molecule has 0 radical (unpaired) electrons. The van der Waals surface area contributed by atoms with Gasteiger partial charge in [-0.15, -0.1) is 0 Å². The van der Waals surface area contributed by atoms with E-state index in [0.717, 1.165) is 24.3 Å². The largest absolute Gasteiger partial charge is 0.497 e. The van der Waals surface area contributed by atoms with Crippen molar-refractivity contribution in [3.05, 3.63) is 29.8 Å². The molecule has 8 heteroatoms. The summed E-state index contributed by atoms with van der Waals surface area (Å²) in [6.45, 7) is 4.52. The van der Waals surface area contributed by atoms with Crippen LogP contribution in [0.25, 0.3) is 0 Å². The minimum absolute atomic E-state index is 0.0517. The number of aliphatic imine (C=N–C) groups is 1. The van der Waals surface area contributed by atoms with Crippen molar-refractivity contribution >= 4 is 15.8 Å². The van der Waals surface area contributed by atoms with E-state index < -0.39 is 9.84 Å². The first-order valence-corrected chi connectivity index (χ1v) is 10.8. The molecule has 26 heavy (non-hydrogen) atoms. The summed E-state index contributed by atoms with van der Waals surface area (Å²) < 4.78 is 33.9. The highest BCUT2D eigenvalue weighted by molar-refractivity contribution is 7.91. The van der Waals surface area contributed by atoms with Gasteiger partial charge in [0.2, 0.25) is 0 Å². The fraction of sp³-hybridized carbons (Fsp3) is 0.611. The number of methoxy groups -OCH3 is 1. The van der Waals surface area contributed by atoms with Gasteiger partial charge < -0.3 is 20.1 Å². The molecule has 7 nitrogen and oxygen atoms in total. The number of nitrogens with one attached hydrogen (secondary N) is 2. The molecule has 2 rings (SSSR count). The maximum atomic E-state index is 11.5. The zero-order chi connectivity index (χ0) is 18.8. The van der Waals surface area contributed by atoms with Gasteiger partial charge in [0.05, 0.1) is 25.2 Å². The van der Waals surface area contributed by atoms with Crippen molar-refractivity contribution in [3.8, 4) is 5.75 Å². The van der Waals surface area contributed by atoms with E-state index >= 15 is 0 Å². The highest BCUT2D eigenvalue weighted by atomic mass is 32.2. The monoisotopic (exact) mass is 383 g/mol. The summed E-state index contributed by atoms with van der Waals surface area (Å²) in [5.74, 6) is 1.94. The summed E-state index contributed by atoms with van der Waals surface area (Å²) in [5, 5.41) is 6.36. The Morgan fingerprint density at radius 3 is 2.69 bits per heavy atom. The fourth-order valence-electron chi connectivity index (χ4n) is 2.69. The van der Waals surface area contributed by atoms with Gasteiger partial charge in [0.25, 0.3) is 0 Å². The zero-order valence-corrected chi connectivity index (χ0v) is 16.3. The number of rotatable bonds is 9. The highest BCUT2D eigenvalue weighted by Gasteiger charge is 2.28. The molecule has 0 saturated carbocycles. The minimum atomic E-state index is -2.89. The van der Waals surface area contributed by atoms with Crippen molar-refractivity contribution in [3.63, 3.8) is 0 Å². The van der Waals surface area contributed by atoms with Gasteiger partial charge in [-0.05, 0) is 37.5 Å². The van der Waals surface area contributed by atoms with Gasteiger partial charge in [0, 0.05) is 25.7 Å². The van der Waals surface area contributed by atoms with Crippen molar-refractivity contribution in [2.75, 3.05) is 38.3 Å². The van der Waals surface area contributed by atoms with Crippen LogP contribution in [0.3, 0.4) is 0 Å². The standard InChI is InChI=1S/C18H29N3O4S/c1-3-19-18(21-16-9-12-26(22,23)14-16)20-10-4-11-25-13-15-5-7-17(24-2)8-6-15/h5-8,16H,3-4,9-14H2,1-2H3,(H2,19,20,21). The van der Waals surface area contributed by atoms with Crippen LogP contribution in [0.5, 0.6) is 5.75 Å². The van der Waals surface area contributed by atoms with E-state index in [0.29, 0.717) is 32.1 Å². The van der Waals surface area contributed by atoms with E-state index in [4.69, 9.17) is 9.47 Å². The summed E-state index contributed by atoms with van der Waals surface area (Å²) in [7, 11) is -1.25. The van der Waals surface area contributed by atoms with E-state index in [2.05, 4.69) is 15.6 Å². The summed E-state index contributed by atoms with van der Waals surface area (Å²) in [6, 6.07) is 7.75. The molecule has 1 saturated heterocycles. The number of benzene rings is 1. The van der Waals surface area contributed by atoms with Crippen molar-refractivity contribution in [1.29, 1.82) is 0 Å². The van der Waals surface area contributed by atoms with Crippen molar-refractivity contribution in [1.82, 2.24) is 10.6 Å². The van der Waals surface area contributed by atoms with Crippen LogP contribution in [0.15, 0.2) is 29.3 Å². The first-order valence-electron chi connectivity index (χ1n) is 8.98. The van der Waals surface area contributed by atoms with Crippen LogP contribution in [0, 0.1) is 0 Å². The summed E-state index contributed by atoms with van der Waals surface area (Å²) in [6.07, 6.45) is 1.44. The average molecular weight is 384 g/mol. The Kier molecular flexibility index (Phi) is 8.18. The third-order valence-electron chi connectivity index (χ3n) is 4.06. The Balaban J connectivity index is 1.67. The molecule has 1 aliphatic rings. The number of guanidine groups is 1. The molecular weight excluding hydrogens is 354 g/mol. The molecule has 1 fully saturated rings. The normalized spacial score (nSPS) is 19.3. The van der Waals surface area contributed by atoms with E-state index in [1.807, 2.05) is 31.2 Å². The third kappa shape index (κ3) is 7.21. The van der Waals surface area contributed by atoms with Gasteiger partial charge in [0.15, 0.2) is 15.8 Å². The molecule has 0 aromatic heterocycles. The Bertz CT molecular complexity index is 674. The maximum absolute atomic E-state index is 11.5. The summed E-state index contributed by atoms with van der Waals surface area (Å²) in [4.78, 5) is 4.50. The molecule has 146 valence electrons. The smallest absolute Gasteiger partial charge is 0.191 e. The van der Waals surface area contributed by atoms with E-state index in [1.165, 1.54) is 0 Å². The second-order valence-electron chi connectivity index (χ2n) is 6.26. The van der Waals surface area contributed by atoms with Gasteiger partial charge in [0.1, 0.15) is 5.75 Å². The number of ether oxygens (including phenoxy) is 2. The highest BCUT2D eigenvalue weighted by Crippen LogP contribution is 2.12. The summed E-state index contributed by atoms with van der Waals surface area (Å²) >= 11 is 0. The number of nitrogens with zero attached hydrogens (tertiary/aromatic N) is 1. The zero-order valence-electron chi connectivity index (χ0n) is 15.5. The van der Waals surface area contributed by atoms with Crippen molar-refractivity contribution in [2.45, 2.75) is 32.4 Å². The SMILES string of the molecule is CCNC(=NCCCOCc1ccc(OC)cc1)NC1CCS(=O)(=O)C1. The molecule has 0 spiro atoms. The van der Waals surface area contributed by atoms with Gasteiger partial charge >= 0.3 is 0 Å². The molecule has 0 aliphatic carbocycles. The lowest BCUT2D eigenvalue weighted by atomic mass is 10.2. The summed E-state index contributed by atoms with van der Waals surface area (Å²) in [5.41, 5.74) is 1.10. The molecule has 1 atom stereocenters. The first kappa shape index (κ1) is 20.5. The average Bonchev–Trinajstić information content (AvgIpc) is 2.97. The predicted molar refractivity (Wildman–Crippen MR) is 103 cm³/mol. The Morgan fingerprint density at radius 1 is 1.31 bits per heavy atom. The second kappa shape index (κ2) is 10.4. The second-order valence-corrected chi connectivity index (χ2v) is 8.49. The molecule has 1 heterocycles. The lowest BCUT2D eigenvalue weighted by molar-refractivity contribution is 0.120. The Labute approximate surface area is 156 Å². The molecular formula is C18H29N3O4S. The van der Waals surface area contributed by atoms with Crippen LogP contribution in [-0.2, 0) is 21.2 Å². The van der Waals surface area contributed by atoms with Gasteiger partial charge in [-0.3, -0.25) is 4.99 Å². The minimum Gasteiger partial charge on any atom is -0.497 e. The van der Waals surface area contributed by atoms with Crippen LogP contribution in [0.1, 0.15) is 25.3 Å². The van der Waals surface area contributed by atoms with Crippen LogP contribution in [0.2, 0.25) is 0 Å². The third-order valence-corrected chi connectivity index (χ3v) is 5.83. The van der Waals surface area contributed by atoms with Crippen LogP contribution in [-0.4, -0.2) is 58.7 Å². The van der Waals surface area contributed by atoms with Gasteiger partial charge in [-0.25, -0.2) is 8.42 Å². The van der Waals surface area contributed by atoms with Crippen LogP contribution in [0.4, 0.5) is 0 Å². The molecule has 0 bridgehead atoms. The van der Waals surface area contributed by atoms with Crippen LogP contribution < -0.4 is 15.4 Å². The maximum Gasteiger partial charge on any atom is 0.191 e. The molecule has 1 aromatic carbocycles. The topological polar surface area (TPSA) is 89.0 Å². The fourth-order valence-corrected chi connectivity index (χ4v) is 4.36. The first-order chi connectivity index (χ1) is 12.5. The number of sulfone groups is 1. The van der Waals surface area contributed by atoms with E-state index in [-0.39, 0.29) is 17.5 Å². The molecule has 1 aliphatic heterocycles. The molecule has 0 amide bonds. The van der Waals surface area contributed by atoms with E-state index in [9.17, 15) is 8.42 Å². The molecule has 1 unspecified atom stereocenters. The van der Waals surface area contributed by atoms with Gasteiger partial charge in [-0.1, -0.05) is 12.1 Å². The lowest BCUT2D eigenvalue weighted by Gasteiger charge is -2.15. The molecule has 2 N–H and O–H groups in total. The Morgan fingerprint density at radius 2 is 2.08 bits per heavy atom. The number of hydrogen-bond acceptors (Lipinski definition) is 5. The Hall–Kier alpha value is -1.80.